The summed E-state index contributed by atoms with van der Waals surface area (Å²) in [7, 11) is 0. The van der Waals surface area contributed by atoms with Crippen molar-refractivity contribution < 1.29 is 9.53 Å². The summed E-state index contributed by atoms with van der Waals surface area (Å²) in [5, 5.41) is 0. The van der Waals surface area contributed by atoms with Crippen LogP contribution in [0.1, 0.15) is 142 Å². The molecule has 2 nitrogen and oxygen atoms in total. The van der Waals surface area contributed by atoms with E-state index in [9.17, 15) is 4.79 Å². The van der Waals surface area contributed by atoms with Crippen LogP contribution in [-0.4, -0.2) is 12.6 Å². The smallest absolute Gasteiger partial charge is 0.330 e. The van der Waals surface area contributed by atoms with Crippen LogP contribution in [0.3, 0.4) is 0 Å². The van der Waals surface area contributed by atoms with Crippen molar-refractivity contribution in [1.29, 1.82) is 0 Å². The third-order valence-corrected chi connectivity index (χ3v) is 5.47. The van der Waals surface area contributed by atoms with Gasteiger partial charge in [0.2, 0.25) is 0 Å². The lowest BCUT2D eigenvalue weighted by Gasteiger charge is -2.03. The lowest BCUT2D eigenvalue weighted by molar-refractivity contribution is -0.137. The molecule has 166 valence electrons. The third kappa shape index (κ3) is 23.2. The zero-order chi connectivity index (χ0) is 20.5. The minimum absolute atomic E-state index is 0.161. The van der Waals surface area contributed by atoms with E-state index in [-0.39, 0.29) is 5.97 Å². The molecule has 0 unspecified atom stereocenters. The predicted octanol–water partition coefficient (Wildman–Crippen LogP) is 8.93. The number of ether oxygens (including phenoxy) is 1. The second-order valence-corrected chi connectivity index (χ2v) is 8.37. The highest BCUT2D eigenvalue weighted by Crippen LogP contribution is 2.12. The molecule has 0 saturated carbocycles. The minimum Gasteiger partial charge on any atom is -0.463 e. The molecule has 0 N–H and O–H groups in total. The molecule has 28 heavy (non-hydrogen) atoms. The average molecular weight is 395 g/mol. The van der Waals surface area contributed by atoms with Crippen LogP contribution in [0.2, 0.25) is 0 Å². The van der Waals surface area contributed by atoms with Gasteiger partial charge in [-0.25, -0.2) is 4.79 Å². The zero-order valence-electron chi connectivity index (χ0n) is 19.3. The molecule has 0 fully saturated rings. The van der Waals surface area contributed by atoms with E-state index >= 15 is 0 Å². The Morgan fingerprint density at radius 1 is 0.571 bits per heavy atom. The second-order valence-electron chi connectivity index (χ2n) is 8.37. The first-order valence-electron chi connectivity index (χ1n) is 12.6. The summed E-state index contributed by atoms with van der Waals surface area (Å²) in [6, 6.07) is 0. The van der Waals surface area contributed by atoms with E-state index in [1.165, 1.54) is 116 Å². The lowest BCUT2D eigenvalue weighted by Crippen LogP contribution is -2.02. The Kier molecular flexibility index (Phi) is 23.6. The number of carbonyl (C=O) groups is 1. The maximum atomic E-state index is 11.6. The second kappa shape index (κ2) is 24.2. The Morgan fingerprint density at radius 2 is 0.964 bits per heavy atom. The van der Waals surface area contributed by atoms with Gasteiger partial charge in [-0.15, -0.1) is 0 Å². The highest BCUT2D eigenvalue weighted by Gasteiger charge is 1.97. The quantitative estimate of drug-likeness (QED) is 0.104. The molecule has 0 rings (SSSR count). The Hall–Kier alpha value is -0.790. The number of allylic oxidation sites excluding steroid dienone is 1. The van der Waals surface area contributed by atoms with Crippen molar-refractivity contribution in [1.82, 2.24) is 0 Å². The van der Waals surface area contributed by atoms with E-state index < -0.39 is 0 Å². The number of hydrogen-bond donors (Lipinski definition) is 0. The van der Waals surface area contributed by atoms with Crippen molar-refractivity contribution in [2.24, 2.45) is 0 Å². The van der Waals surface area contributed by atoms with Gasteiger partial charge in [0.05, 0.1) is 6.61 Å². The first-order valence-corrected chi connectivity index (χ1v) is 12.6. The SMILES string of the molecule is CCCCCCCCCCCCC/C=C/C(=O)OCCCCCCCCCC. The van der Waals surface area contributed by atoms with Crippen LogP contribution >= 0.6 is 0 Å². The van der Waals surface area contributed by atoms with Gasteiger partial charge in [0.15, 0.2) is 0 Å². The van der Waals surface area contributed by atoms with Gasteiger partial charge in [-0.3, -0.25) is 0 Å². The summed E-state index contributed by atoms with van der Waals surface area (Å²) >= 11 is 0. The van der Waals surface area contributed by atoms with Gasteiger partial charge in [-0.05, 0) is 19.3 Å². The molecule has 0 spiro atoms. The van der Waals surface area contributed by atoms with Crippen LogP contribution in [0.4, 0.5) is 0 Å². The fourth-order valence-electron chi connectivity index (χ4n) is 3.56. The van der Waals surface area contributed by atoms with Crippen molar-refractivity contribution in [2.45, 2.75) is 142 Å². The molecular weight excluding hydrogens is 344 g/mol. The van der Waals surface area contributed by atoms with E-state index in [0.717, 1.165) is 12.8 Å². The first kappa shape index (κ1) is 27.2. The molecule has 0 saturated heterocycles. The number of hydrogen-bond acceptors (Lipinski definition) is 2. The largest absolute Gasteiger partial charge is 0.463 e. The fraction of sp³-hybridized carbons (Fsp3) is 0.885. The van der Waals surface area contributed by atoms with Gasteiger partial charge in [-0.2, -0.15) is 0 Å². The number of carbonyl (C=O) groups excluding carboxylic acids is 1. The van der Waals surface area contributed by atoms with Gasteiger partial charge in [0, 0.05) is 6.08 Å². The van der Waals surface area contributed by atoms with Crippen LogP contribution in [-0.2, 0) is 9.53 Å². The molecule has 0 atom stereocenters. The normalized spacial score (nSPS) is 11.4. The molecule has 0 aromatic carbocycles. The topological polar surface area (TPSA) is 26.3 Å². The maximum Gasteiger partial charge on any atom is 0.330 e. The molecule has 0 bridgehead atoms. The number of rotatable bonds is 22. The van der Waals surface area contributed by atoms with Gasteiger partial charge >= 0.3 is 5.97 Å². The number of unbranched alkanes of at least 4 members (excludes halogenated alkanes) is 18. The summed E-state index contributed by atoms with van der Waals surface area (Å²) in [5.41, 5.74) is 0. The van der Waals surface area contributed by atoms with Gasteiger partial charge < -0.3 is 4.74 Å². The minimum atomic E-state index is -0.161. The summed E-state index contributed by atoms with van der Waals surface area (Å²) in [5.74, 6) is -0.161. The zero-order valence-corrected chi connectivity index (χ0v) is 19.3. The maximum absolute atomic E-state index is 11.6. The highest BCUT2D eigenvalue weighted by atomic mass is 16.5. The fourth-order valence-corrected chi connectivity index (χ4v) is 3.56. The predicted molar refractivity (Wildman–Crippen MR) is 124 cm³/mol. The van der Waals surface area contributed by atoms with Crippen LogP contribution in [0.15, 0.2) is 12.2 Å². The first-order chi connectivity index (χ1) is 13.8. The highest BCUT2D eigenvalue weighted by molar-refractivity contribution is 5.81. The summed E-state index contributed by atoms with van der Waals surface area (Å²) in [4.78, 5) is 11.6. The van der Waals surface area contributed by atoms with Crippen molar-refractivity contribution in [3.8, 4) is 0 Å². The van der Waals surface area contributed by atoms with Crippen molar-refractivity contribution in [3.63, 3.8) is 0 Å². The summed E-state index contributed by atoms with van der Waals surface area (Å²) in [6.45, 7) is 5.10. The molecule has 0 aliphatic carbocycles. The number of esters is 1. The molecule has 0 aromatic rings. The van der Waals surface area contributed by atoms with Crippen LogP contribution in [0, 0.1) is 0 Å². The molecular formula is C26H50O2. The molecule has 0 amide bonds. The molecule has 2 heteroatoms. The van der Waals surface area contributed by atoms with Gasteiger partial charge in [-0.1, -0.05) is 129 Å². The van der Waals surface area contributed by atoms with Crippen molar-refractivity contribution in [2.75, 3.05) is 6.61 Å². The Balaban J connectivity index is 3.23. The van der Waals surface area contributed by atoms with Gasteiger partial charge in [0.25, 0.3) is 0 Å². The van der Waals surface area contributed by atoms with Crippen molar-refractivity contribution >= 4 is 5.97 Å². The standard InChI is InChI=1S/C26H50O2/c1-3-5-7-9-11-13-14-15-16-17-18-20-22-24-26(27)28-25-23-21-19-12-10-8-6-4-2/h22,24H,3-21,23,25H2,1-2H3/b24-22+. The Labute approximate surface area is 176 Å². The molecule has 0 aliphatic heterocycles. The van der Waals surface area contributed by atoms with E-state index in [2.05, 4.69) is 13.8 Å². The van der Waals surface area contributed by atoms with Crippen LogP contribution in [0.25, 0.3) is 0 Å². The monoisotopic (exact) mass is 394 g/mol. The Bertz CT molecular complexity index is 335. The summed E-state index contributed by atoms with van der Waals surface area (Å²) < 4.78 is 5.27. The average Bonchev–Trinajstić information content (AvgIpc) is 2.70. The van der Waals surface area contributed by atoms with Crippen LogP contribution < -0.4 is 0 Å². The van der Waals surface area contributed by atoms with E-state index in [1.54, 1.807) is 6.08 Å². The van der Waals surface area contributed by atoms with Crippen LogP contribution in [0.5, 0.6) is 0 Å². The molecule has 0 aromatic heterocycles. The van der Waals surface area contributed by atoms with Crippen molar-refractivity contribution in [3.05, 3.63) is 12.2 Å². The van der Waals surface area contributed by atoms with Gasteiger partial charge in [0.1, 0.15) is 0 Å². The van der Waals surface area contributed by atoms with E-state index in [0.29, 0.717) is 6.61 Å². The third-order valence-electron chi connectivity index (χ3n) is 5.47. The van der Waals surface area contributed by atoms with E-state index in [4.69, 9.17) is 4.74 Å². The molecule has 0 aliphatic rings. The Morgan fingerprint density at radius 3 is 1.43 bits per heavy atom. The summed E-state index contributed by atoms with van der Waals surface area (Å²) in [6.07, 6.45) is 29.8. The lowest BCUT2D eigenvalue weighted by atomic mass is 10.1. The molecule has 0 heterocycles. The molecule has 0 radical (unpaired) electrons. The van der Waals surface area contributed by atoms with E-state index in [1.807, 2.05) is 6.08 Å².